The summed E-state index contributed by atoms with van der Waals surface area (Å²) in [4.78, 5) is 0. The summed E-state index contributed by atoms with van der Waals surface area (Å²) in [6.45, 7) is 0. The maximum Gasteiger partial charge on any atom is 0.128 e. The van der Waals surface area contributed by atoms with Crippen molar-refractivity contribution in [2.45, 2.75) is 0 Å². The second-order valence-corrected chi connectivity index (χ2v) is 10.7. The van der Waals surface area contributed by atoms with E-state index < -0.39 is 7.92 Å². The van der Waals surface area contributed by atoms with Crippen molar-refractivity contribution in [1.29, 1.82) is 0 Å². The minimum Gasteiger partial charge on any atom is -0.488 e. The smallest absolute Gasteiger partial charge is 0.128 e. The topological polar surface area (TPSA) is 9.23 Å². The fraction of sp³-hybridized carbons (Fsp3) is 0.0303. The fourth-order valence-electron chi connectivity index (χ4n) is 4.74. The van der Waals surface area contributed by atoms with Gasteiger partial charge in [0.1, 0.15) is 12.1 Å². The predicted molar refractivity (Wildman–Crippen MR) is 151 cm³/mol. The quantitative estimate of drug-likeness (QED) is 0.224. The molecule has 35 heavy (non-hydrogen) atoms. The van der Waals surface area contributed by atoms with Gasteiger partial charge in [0.25, 0.3) is 0 Å². The van der Waals surface area contributed by atoms with Crippen LogP contribution in [0.2, 0.25) is 0 Å². The molecule has 0 fully saturated rings. The first-order chi connectivity index (χ1) is 17.4. The average Bonchev–Trinajstić information content (AvgIpc) is 2.94. The number of hydrogen-bond acceptors (Lipinski definition) is 1. The lowest BCUT2D eigenvalue weighted by molar-refractivity contribution is 0.392. The van der Waals surface area contributed by atoms with Crippen LogP contribution in [0.5, 0.6) is 5.75 Å². The summed E-state index contributed by atoms with van der Waals surface area (Å²) in [6.07, 6.45) is 0.624. The van der Waals surface area contributed by atoms with Crippen LogP contribution >= 0.6 is 7.92 Å². The van der Waals surface area contributed by atoms with Crippen LogP contribution in [0.3, 0.4) is 0 Å². The number of rotatable bonds is 6. The molecule has 0 amide bonds. The van der Waals surface area contributed by atoms with Crippen molar-refractivity contribution in [3.63, 3.8) is 0 Å². The Morgan fingerprint density at radius 1 is 0.457 bits per heavy atom. The molecule has 0 saturated carbocycles. The van der Waals surface area contributed by atoms with Crippen molar-refractivity contribution in [3.8, 4) is 16.9 Å². The van der Waals surface area contributed by atoms with Crippen LogP contribution in [0.25, 0.3) is 32.7 Å². The molecule has 6 rings (SSSR count). The summed E-state index contributed by atoms with van der Waals surface area (Å²) in [6, 6.07) is 49.5. The van der Waals surface area contributed by atoms with Gasteiger partial charge >= 0.3 is 0 Å². The summed E-state index contributed by atoms with van der Waals surface area (Å²) in [5.74, 6) is 0.930. The van der Waals surface area contributed by atoms with E-state index in [1.807, 2.05) is 0 Å². The SMILES string of the molecule is c1ccc(P(COc2ccc3ccccc3c2-c2cccc3ccccc23)c2ccccc2)cc1. The van der Waals surface area contributed by atoms with Gasteiger partial charge in [-0.3, -0.25) is 0 Å². The van der Waals surface area contributed by atoms with Gasteiger partial charge in [-0.05, 0) is 51.7 Å². The van der Waals surface area contributed by atoms with Crippen LogP contribution < -0.4 is 15.3 Å². The Kier molecular flexibility index (Phi) is 6.01. The molecule has 0 saturated heterocycles. The van der Waals surface area contributed by atoms with Gasteiger partial charge in [0.15, 0.2) is 0 Å². The van der Waals surface area contributed by atoms with Crippen molar-refractivity contribution >= 4 is 40.1 Å². The maximum absolute atomic E-state index is 6.75. The normalized spacial score (nSPS) is 11.2. The molecule has 0 radical (unpaired) electrons. The van der Waals surface area contributed by atoms with Crippen LogP contribution in [0.4, 0.5) is 0 Å². The van der Waals surface area contributed by atoms with E-state index in [1.54, 1.807) is 0 Å². The zero-order chi connectivity index (χ0) is 23.5. The van der Waals surface area contributed by atoms with Gasteiger partial charge in [0.05, 0.1) is 0 Å². The van der Waals surface area contributed by atoms with Crippen LogP contribution in [0, 0.1) is 0 Å². The molecule has 6 aromatic rings. The number of ether oxygens (including phenoxy) is 1. The molecule has 0 N–H and O–H groups in total. The third kappa shape index (κ3) is 4.32. The highest BCUT2D eigenvalue weighted by molar-refractivity contribution is 7.72. The molecule has 0 aliphatic carbocycles. The van der Waals surface area contributed by atoms with Crippen LogP contribution in [0.1, 0.15) is 0 Å². The second-order valence-electron chi connectivity index (χ2n) is 8.56. The molecule has 0 spiro atoms. The van der Waals surface area contributed by atoms with Crippen molar-refractivity contribution in [2.24, 2.45) is 0 Å². The minimum absolute atomic E-state index is 0.624. The molecule has 6 aromatic carbocycles. The average molecular weight is 469 g/mol. The Balaban J connectivity index is 1.48. The van der Waals surface area contributed by atoms with Crippen LogP contribution in [0.15, 0.2) is 140 Å². The van der Waals surface area contributed by atoms with Gasteiger partial charge in [-0.15, -0.1) is 0 Å². The Labute approximate surface area is 207 Å². The van der Waals surface area contributed by atoms with Crippen LogP contribution in [-0.2, 0) is 0 Å². The molecule has 2 heteroatoms. The van der Waals surface area contributed by atoms with Crippen molar-refractivity contribution in [2.75, 3.05) is 6.35 Å². The standard InChI is InChI=1S/C33H25OP/c1-3-15-27(16-4-1)35(28-17-5-2-6-18-28)24-34-32-23-22-26-13-8-10-20-30(26)33(32)31-21-11-14-25-12-7-9-19-29(25)31/h1-23H,24H2. The Bertz CT molecular complexity index is 1550. The van der Waals surface area contributed by atoms with E-state index >= 15 is 0 Å². The van der Waals surface area contributed by atoms with E-state index in [4.69, 9.17) is 4.74 Å². The fourth-order valence-corrected chi connectivity index (χ4v) is 6.67. The minimum atomic E-state index is -0.656. The van der Waals surface area contributed by atoms with E-state index in [0.717, 1.165) is 11.3 Å². The van der Waals surface area contributed by atoms with Gasteiger partial charge in [-0.25, -0.2) is 0 Å². The van der Waals surface area contributed by atoms with E-state index in [0.29, 0.717) is 6.35 Å². The van der Waals surface area contributed by atoms with Gasteiger partial charge in [-0.2, -0.15) is 0 Å². The maximum atomic E-state index is 6.75. The number of fused-ring (bicyclic) bond motifs is 2. The first kappa shape index (κ1) is 21.6. The monoisotopic (exact) mass is 468 g/mol. The van der Waals surface area contributed by atoms with Gasteiger partial charge in [0, 0.05) is 5.56 Å². The van der Waals surface area contributed by atoms with E-state index in [1.165, 1.54) is 37.7 Å². The van der Waals surface area contributed by atoms with Gasteiger partial charge in [0.2, 0.25) is 0 Å². The highest BCUT2D eigenvalue weighted by Crippen LogP contribution is 2.42. The first-order valence-corrected chi connectivity index (χ1v) is 13.4. The lowest BCUT2D eigenvalue weighted by Gasteiger charge is -2.22. The Morgan fingerprint density at radius 3 is 1.69 bits per heavy atom. The molecule has 0 atom stereocenters. The first-order valence-electron chi connectivity index (χ1n) is 11.9. The third-order valence-electron chi connectivity index (χ3n) is 6.43. The Morgan fingerprint density at radius 2 is 1.00 bits per heavy atom. The summed E-state index contributed by atoms with van der Waals surface area (Å²) >= 11 is 0. The van der Waals surface area contributed by atoms with E-state index in [2.05, 4.69) is 140 Å². The summed E-state index contributed by atoms with van der Waals surface area (Å²) in [5.41, 5.74) is 2.37. The summed E-state index contributed by atoms with van der Waals surface area (Å²) in [5, 5.41) is 7.55. The molecule has 168 valence electrons. The molecular formula is C33H25OP. The van der Waals surface area contributed by atoms with E-state index in [9.17, 15) is 0 Å². The van der Waals surface area contributed by atoms with Gasteiger partial charge < -0.3 is 4.74 Å². The molecule has 0 aliphatic rings. The van der Waals surface area contributed by atoms with Crippen molar-refractivity contribution < 1.29 is 4.74 Å². The van der Waals surface area contributed by atoms with Crippen molar-refractivity contribution in [1.82, 2.24) is 0 Å². The van der Waals surface area contributed by atoms with Crippen LogP contribution in [-0.4, -0.2) is 6.35 Å². The van der Waals surface area contributed by atoms with E-state index in [-0.39, 0.29) is 0 Å². The predicted octanol–water partition coefficient (Wildman–Crippen LogP) is 8.13. The zero-order valence-corrected chi connectivity index (χ0v) is 20.2. The molecule has 0 aromatic heterocycles. The van der Waals surface area contributed by atoms with Crippen molar-refractivity contribution in [3.05, 3.63) is 140 Å². The second kappa shape index (κ2) is 9.74. The van der Waals surface area contributed by atoms with Gasteiger partial charge in [-0.1, -0.05) is 133 Å². The molecule has 0 unspecified atom stereocenters. The highest BCUT2D eigenvalue weighted by Gasteiger charge is 2.18. The Hall–Kier alpha value is -3.93. The summed E-state index contributed by atoms with van der Waals surface area (Å²) < 4.78 is 6.75. The number of benzene rings is 6. The highest BCUT2D eigenvalue weighted by atomic mass is 31.1. The molecule has 0 bridgehead atoms. The third-order valence-corrected chi connectivity index (χ3v) is 8.66. The lowest BCUT2D eigenvalue weighted by atomic mass is 9.93. The molecule has 1 nitrogen and oxygen atoms in total. The summed E-state index contributed by atoms with van der Waals surface area (Å²) in [7, 11) is -0.656. The number of hydrogen-bond donors (Lipinski definition) is 0. The molecule has 0 heterocycles. The largest absolute Gasteiger partial charge is 0.488 e. The molecule has 0 aliphatic heterocycles. The zero-order valence-electron chi connectivity index (χ0n) is 19.3. The lowest BCUT2D eigenvalue weighted by Crippen LogP contribution is -2.16. The molecular weight excluding hydrogens is 443 g/mol.